The van der Waals surface area contributed by atoms with Crippen molar-refractivity contribution in [2.24, 2.45) is 0 Å². The van der Waals surface area contributed by atoms with Crippen molar-refractivity contribution in [3.63, 3.8) is 0 Å². The maximum Gasteiger partial charge on any atom is 0.169 e. The van der Waals surface area contributed by atoms with Gasteiger partial charge in [0.15, 0.2) is 4.67 Å². The van der Waals surface area contributed by atoms with Crippen molar-refractivity contribution in [3.8, 4) is 0 Å². The van der Waals surface area contributed by atoms with E-state index in [0.29, 0.717) is 6.04 Å². The molecule has 1 N–H and O–H groups in total. The maximum absolute atomic E-state index is 5.66. The Bertz CT molecular complexity index is 345. The maximum atomic E-state index is 5.66. The highest BCUT2D eigenvalue weighted by Crippen LogP contribution is 2.28. The number of hydrogen-bond acceptors (Lipinski definition) is 3. The molecular weight excluding hydrogens is 268 g/mol. The molecule has 1 aliphatic heterocycles. The highest BCUT2D eigenvalue weighted by atomic mass is 79.9. The molecule has 2 heterocycles. The molecule has 1 fully saturated rings. The monoisotopic (exact) mass is 284 g/mol. The van der Waals surface area contributed by atoms with Crippen LogP contribution < -0.4 is 5.32 Å². The first kappa shape index (κ1) is 11.9. The van der Waals surface area contributed by atoms with Crippen LogP contribution >= 0.6 is 15.9 Å². The molecule has 0 aliphatic carbocycles. The van der Waals surface area contributed by atoms with Crippen molar-refractivity contribution < 1.29 is 4.42 Å². The Morgan fingerprint density at radius 3 is 2.81 bits per heavy atom. The van der Waals surface area contributed by atoms with Crippen molar-refractivity contribution >= 4 is 15.9 Å². The zero-order valence-corrected chi connectivity index (χ0v) is 10.9. The molecule has 0 spiro atoms. The van der Waals surface area contributed by atoms with Gasteiger partial charge in [0.2, 0.25) is 0 Å². The molecule has 0 aromatic carbocycles. The highest BCUT2D eigenvalue weighted by Gasteiger charge is 2.23. The minimum Gasteiger partial charge on any atom is -0.453 e. The molecule has 0 radical (unpaired) electrons. The van der Waals surface area contributed by atoms with Gasteiger partial charge in [0, 0.05) is 26.2 Å². The van der Waals surface area contributed by atoms with Crippen molar-refractivity contribution in [2.45, 2.75) is 12.5 Å². The van der Waals surface area contributed by atoms with Crippen molar-refractivity contribution in [1.29, 1.82) is 0 Å². The number of halogens is 1. The lowest BCUT2D eigenvalue weighted by Crippen LogP contribution is -2.45. The summed E-state index contributed by atoms with van der Waals surface area (Å²) in [6.07, 6.45) is 2.89. The second-order valence-electron chi connectivity index (χ2n) is 3.97. The molecule has 4 heteroatoms. The van der Waals surface area contributed by atoms with Gasteiger partial charge in [0.25, 0.3) is 0 Å². The Morgan fingerprint density at radius 2 is 2.25 bits per heavy atom. The van der Waals surface area contributed by atoms with Crippen LogP contribution in [0.15, 0.2) is 33.9 Å². The van der Waals surface area contributed by atoms with Crippen LogP contribution in [0, 0.1) is 0 Å². The lowest BCUT2D eigenvalue weighted by Gasteiger charge is -2.33. The van der Waals surface area contributed by atoms with Crippen LogP contribution in [0.2, 0.25) is 0 Å². The van der Waals surface area contributed by atoms with Gasteiger partial charge in [-0.1, -0.05) is 6.08 Å². The lowest BCUT2D eigenvalue weighted by molar-refractivity contribution is 0.154. The Balaban J connectivity index is 2.12. The van der Waals surface area contributed by atoms with Crippen LogP contribution in [-0.2, 0) is 0 Å². The number of piperazine rings is 1. The van der Waals surface area contributed by atoms with E-state index in [4.69, 9.17) is 4.42 Å². The van der Waals surface area contributed by atoms with E-state index in [0.717, 1.165) is 43.0 Å². The third-order valence-corrected chi connectivity index (χ3v) is 3.33. The first-order valence-electron chi connectivity index (χ1n) is 5.62. The summed E-state index contributed by atoms with van der Waals surface area (Å²) in [5.41, 5.74) is 0. The predicted octanol–water partition coefficient (Wildman–Crippen LogP) is 2.56. The Morgan fingerprint density at radius 1 is 1.50 bits per heavy atom. The summed E-state index contributed by atoms with van der Waals surface area (Å²) in [6.45, 7) is 8.07. The Hall–Kier alpha value is -0.580. The Labute approximate surface area is 105 Å². The molecule has 0 bridgehead atoms. The molecule has 1 aromatic heterocycles. The molecule has 0 unspecified atom stereocenters. The number of rotatable bonds is 4. The van der Waals surface area contributed by atoms with Gasteiger partial charge < -0.3 is 9.73 Å². The number of nitrogens with one attached hydrogen (secondary N) is 1. The van der Waals surface area contributed by atoms with Gasteiger partial charge >= 0.3 is 0 Å². The summed E-state index contributed by atoms with van der Waals surface area (Å²) in [4.78, 5) is 2.45. The van der Waals surface area contributed by atoms with Gasteiger partial charge in [-0.25, -0.2) is 0 Å². The second kappa shape index (κ2) is 5.66. The van der Waals surface area contributed by atoms with Gasteiger partial charge in [-0.3, -0.25) is 4.90 Å². The number of furan rings is 1. The molecule has 0 amide bonds. The summed E-state index contributed by atoms with van der Waals surface area (Å²) >= 11 is 3.35. The van der Waals surface area contributed by atoms with E-state index in [1.54, 1.807) is 0 Å². The van der Waals surface area contributed by atoms with Gasteiger partial charge in [0.1, 0.15) is 5.76 Å². The molecular formula is C12H17BrN2O. The van der Waals surface area contributed by atoms with Gasteiger partial charge in [-0.15, -0.1) is 6.58 Å². The SMILES string of the molecule is C=CC[C@H](c1ccc(Br)o1)N1CCNCC1. The van der Waals surface area contributed by atoms with Crippen LogP contribution in [0.3, 0.4) is 0 Å². The zero-order chi connectivity index (χ0) is 11.4. The largest absolute Gasteiger partial charge is 0.453 e. The molecule has 16 heavy (non-hydrogen) atoms. The summed E-state index contributed by atoms with van der Waals surface area (Å²) in [5, 5.41) is 3.36. The standard InChI is InChI=1S/C12H17BrN2O/c1-2-3-10(11-4-5-12(13)16-11)15-8-6-14-7-9-15/h2,4-5,10,14H,1,3,6-9H2/t10-/m1/s1. The molecule has 1 aliphatic rings. The molecule has 0 saturated carbocycles. The van der Waals surface area contributed by atoms with Gasteiger partial charge in [0.05, 0.1) is 6.04 Å². The Kier molecular flexibility index (Phi) is 4.21. The molecule has 1 atom stereocenters. The minimum atomic E-state index is 0.325. The van der Waals surface area contributed by atoms with Crippen LogP contribution in [0.4, 0.5) is 0 Å². The fourth-order valence-electron chi connectivity index (χ4n) is 2.10. The molecule has 1 saturated heterocycles. The average molecular weight is 285 g/mol. The van der Waals surface area contributed by atoms with E-state index in [-0.39, 0.29) is 0 Å². The quantitative estimate of drug-likeness (QED) is 0.862. The topological polar surface area (TPSA) is 28.4 Å². The van der Waals surface area contributed by atoms with Crippen LogP contribution in [0.5, 0.6) is 0 Å². The van der Waals surface area contributed by atoms with Gasteiger partial charge in [-0.05, 0) is 34.5 Å². The summed E-state index contributed by atoms with van der Waals surface area (Å²) in [7, 11) is 0. The van der Waals surface area contributed by atoms with E-state index < -0.39 is 0 Å². The molecule has 1 aromatic rings. The normalized spacial score (nSPS) is 19.6. The highest BCUT2D eigenvalue weighted by molar-refractivity contribution is 9.10. The van der Waals surface area contributed by atoms with Gasteiger partial charge in [-0.2, -0.15) is 0 Å². The van der Waals surface area contributed by atoms with Crippen molar-refractivity contribution in [2.75, 3.05) is 26.2 Å². The summed E-state index contributed by atoms with van der Waals surface area (Å²) in [5.74, 6) is 1.02. The van der Waals surface area contributed by atoms with Crippen molar-refractivity contribution in [3.05, 3.63) is 35.2 Å². The fraction of sp³-hybridized carbons (Fsp3) is 0.500. The smallest absolute Gasteiger partial charge is 0.169 e. The third-order valence-electron chi connectivity index (χ3n) is 2.90. The van der Waals surface area contributed by atoms with E-state index in [9.17, 15) is 0 Å². The van der Waals surface area contributed by atoms with Crippen LogP contribution in [0.25, 0.3) is 0 Å². The number of nitrogens with zero attached hydrogens (tertiary/aromatic N) is 1. The van der Waals surface area contributed by atoms with Crippen LogP contribution in [0.1, 0.15) is 18.2 Å². The number of hydrogen-bond donors (Lipinski definition) is 1. The van der Waals surface area contributed by atoms with E-state index >= 15 is 0 Å². The zero-order valence-electron chi connectivity index (χ0n) is 9.29. The molecule has 2 rings (SSSR count). The van der Waals surface area contributed by atoms with Crippen LogP contribution in [-0.4, -0.2) is 31.1 Å². The second-order valence-corrected chi connectivity index (χ2v) is 4.75. The fourth-order valence-corrected chi connectivity index (χ4v) is 2.42. The first-order valence-corrected chi connectivity index (χ1v) is 6.41. The lowest BCUT2D eigenvalue weighted by atomic mass is 10.1. The van der Waals surface area contributed by atoms with E-state index in [2.05, 4.69) is 32.7 Å². The predicted molar refractivity (Wildman–Crippen MR) is 68.4 cm³/mol. The molecule has 88 valence electrons. The van der Waals surface area contributed by atoms with E-state index in [1.807, 2.05) is 18.2 Å². The summed E-state index contributed by atoms with van der Waals surface area (Å²) in [6, 6.07) is 4.32. The first-order chi connectivity index (χ1) is 7.81. The van der Waals surface area contributed by atoms with E-state index in [1.165, 1.54) is 0 Å². The van der Waals surface area contributed by atoms with Crippen molar-refractivity contribution in [1.82, 2.24) is 10.2 Å². The third kappa shape index (κ3) is 2.75. The summed E-state index contributed by atoms with van der Waals surface area (Å²) < 4.78 is 6.46. The average Bonchev–Trinajstić information content (AvgIpc) is 2.74. The molecule has 3 nitrogen and oxygen atoms in total. The minimum absolute atomic E-state index is 0.325.